The van der Waals surface area contributed by atoms with E-state index in [1.54, 1.807) is 4.31 Å². The van der Waals surface area contributed by atoms with Gasteiger partial charge in [0.05, 0.1) is 17.4 Å². The van der Waals surface area contributed by atoms with E-state index >= 15 is 0 Å². The quantitative estimate of drug-likeness (QED) is 0.428. The molecule has 4 heteroatoms. The van der Waals surface area contributed by atoms with Gasteiger partial charge in [-0.15, -0.1) is 0 Å². The molecule has 2 aliphatic rings. The fourth-order valence-electron chi connectivity index (χ4n) is 4.90. The number of carbonyl (C=O) groups excluding carboxylic acids is 1. The smallest absolute Gasteiger partial charge is 0.267 e. The zero-order valence-electron chi connectivity index (χ0n) is 16.4. The van der Waals surface area contributed by atoms with Crippen LogP contribution < -0.4 is 0 Å². The molecule has 0 radical (unpaired) electrons. The van der Waals surface area contributed by atoms with E-state index in [9.17, 15) is 9.35 Å². The molecule has 1 aliphatic heterocycles. The second-order valence-electron chi connectivity index (χ2n) is 8.74. The van der Waals surface area contributed by atoms with Gasteiger partial charge in [-0.05, 0) is 24.7 Å². The molecule has 3 nitrogen and oxygen atoms in total. The first-order chi connectivity index (χ1) is 11.3. The van der Waals surface area contributed by atoms with Gasteiger partial charge in [-0.25, -0.2) is 0 Å². The van der Waals surface area contributed by atoms with E-state index in [1.807, 2.05) is 6.92 Å². The number of hydrogen-bond acceptors (Lipinski definition) is 2. The summed E-state index contributed by atoms with van der Waals surface area (Å²) < 4.78 is 14.6. The third kappa shape index (κ3) is 3.51. The van der Waals surface area contributed by atoms with Crippen molar-refractivity contribution < 1.29 is 9.35 Å². The lowest BCUT2D eigenvalue weighted by Gasteiger charge is -2.57. The van der Waals surface area contributed by atoms with E-state index in [0.717, 1.165) is 32.1 Å². The van der Waals surface area contributed by atoms with E-state index in [0.29, 0.717) is 5.75 Å². The molecule has 1 aliphatic carbocycles. The summed E-state index contributed by atoms with van der Waals surface area (Å²) in [7, 11) is 0. The van der Waals surface area contributed by atoms with Crippen molar-refractivity contribution in [3.8, 4) is 0 Å². The van der Waals surface area contributed by atoms with Crippen molar-refractivity contribution in [1.29, 1.82) is 0 Å². The molecule has 1 saturated carbocycles. The van der Waals surface area contributed by atoms with Crippen molar-refractivity contribution in [3.63, 3.8) is 0 Å². The summed E-state index contributed by atoms with van der Waals surface area (Å²) >= 11 is -1.12. The molecule has 3 unspecified atom stereocenters. The van der Waals surface area contributed by atoms with Crippen LogP contribution in [0.3, 0.4) is 0 Å². The molecule has 4 atom stereocenters. The molecular formula is C20H37NO2S. The number of carbonyl (C=O) groups is 1. The predicted octanol–water partition coefficient (Wildman–Crippen LogP) is 5.07. The summed E-state index contributed by atoms with van der Waals surface area (Å²) in [6.45, 7) is 11.0. The average molecular weight is 356 g/mol. The molecular weight excluding hydrogens is 318 g/mol. The Balaban J connectivity index is 1.95. The molecule has 2 rings (SSSR count). The maximum absolute atomic E-state index is 13.0. The van der Waals surface area contributed by atoms with Gasteiger partial charge < -0.3 is 4.55 Å². The van der Waals surface area contributed by atoms with E-state index in [1.165, 1.54) is 25.7 Å². The number of amides is 1. The van der Waals surface area contributed by atoms with Gasteiger partial charge in [-0.3, -0.25) is 4.79 Å². The van der Waals surface area contributed by atoms with E-state index in [-0.39, 0.29) is 28.7 Å². The van der Waals surface area contributed by atoms with Crippen molar-refractivity contribution in [3.05, 3.63) is 0 Å². The Kier molecular flexibility index (Phi) is 6.69. The van der Waals surface area contributed by atoms with Gasteiger partial charge in [0.2, 0.25) is 0 Å². The minimum absolute atomic E-state index is 0.0108. The molecule has 1 heterocycles. The van der Waals surface area contributed by atoms with E-state index in [2.05, 4.69) is 27.7 Å². The lowest BCUT2D eigenvalue weighted by molar-refractivity contribution is -0.145. The van der Waals surface area contributed by atoms with Crippen molar-refractivity contribution in [1.82, 2.24) is 4.31 Å². The minimum atomic E-state index is -1.12. The Hall–Kier alpha value is -0.220. The first-order valence-electron chi connectivity index (χ1n) is 10.0. The lowest BCUT2D eigenvalue weighted by Crippen LogP contribution is -2.62. The Labute approximate surface area is 152 Å². The zero-order valence-corrected chi connectivity index (χ0v) is 17.2. The number of hydrogen-bond donors (Lipinski definition) is 0. The molecule has 0 aromatic carbocycles. The Morgan fingerprint density at radius 3 is 2.46 bits per heavy atom. The molecule has 0 spiro atoms. The van der Waals surface area contributed by atoms with Crippen molar-refractivity contribution in [2.24, 2.45) is 16.7 Å². The molecule has 2 fully saturated rings. The highest BCUT2D eigenvalue weighted by atomic mass is 32.2. The van der Waals surface area contributed by atoms with Crippen molar-refractivity contribution in [2.75, 3.05) is 5.75 Å². The Morgan fingerprint density at radius 1 is 1.21 bits per heavy atom. The first-order valence-corrected chi connectivity index (χ1v) is 11.3. The van der Waals surface area contributed by atoms with Crippen LogP contribution in [0, 0.1) is 16.7 Å². The van der Waals surface area contributed by atoms with Gasteiger partial charge >= 0.3 is 0 Å². The number of unbranched alkanes of at least 4 members (excludes halogenated alkanes) is 4. The molecule has 0 aromatic rings. The highest BCUT2D eigenvalue weighted by Gasteiger charge is 2.71. The third-order valence-electron chi connectivity index (χ3n) is 6.65. The molecule has 0 aromatic heterocycles. The van der Waals surface area contributed by atoms with Crippen molar-refractivity contribution in [2.45, 2.75) is 98.4 Å². The Morgan fingerprint density at radius 2 is 1.88 bits per heavy atom. The summed E-state index contributed by atoms with van der Waals surface area (Å²) in [6.07, 6.45) is 10.3. The fraction of sp³-hybridized carbons (Fsp3) is 0.950. The van der Waals surface area contributed by atoms with E-state index < -0.39 is 11.4 Å². The summed E-state index contributed by atoms with van der Waals surface area (Å²) in [5.74, 6) is 0.840. The van der Waals surface area contributed by atoms with Crippen LogP contribution in [-0.4, -0.2) is 26.6 Å². The van der Waals surface area contributed by atoms with Gasteiger partial charge in [0.1, 0.15) is 5.75 Å². The molecule has 24 heavy (non-hydrogen) atoms. The van der Waals surface area contributed by atoms with E-state index in [4.69, 9.17) is 0 Å². The van der Waals surface area contributed by atoms with Crippen LogP contribution in [0.25, 0.3) is 0 Å². The van der Waals surface area contributed by atoms with Gasteiger partial charge in [0.25, 0.3) is 5.91 Å². The highest BCUT2D eigenvalue weighted by molar-refractivity contribution is 7.90. The fourth-order valence-corrected chi connectivity index (χ4v) is 7.15. The van der Waals surface area contributed by atoms with Crippen LogP contribution in [0.5, 0.6) is 0 Å². The summed E-state index contributed by atoms with van der Waals surface area (Å²) in [5.41, 5.74) is 0.297. The zero-order chi connectivity index (χ0) is 18.0. The monoisotopic (exact) mass is 355 g/mol. The maximum atomic E-state index is 13.0. The highest BCUT2D eigenvalue weighted by Crippen LogP contribution is 2.65. The molecule has 1 amide bonds. The second kappa shape index (κ2) is 7.99. The largest absolute Gasteiger partial charge is 0.593 e. The average Bonchev–Trinajstić information content (AvgIpc) is 2.76. The normalized spacial score (nSPS) is 32.3. The van der Waals surface area contributed by atoms with Crippen LogP contribution in [0.4, 0.5) is 0 Å². The summed E-state index contributed by atoms with van der Waals surface area (Å²) in [4.78, 5) is 13.0. The van der Waals surface area contributed by atoms with Gasteiger partial charge in [-0.1, -0.05) is 73.1 Å². The number of rotatable bonds is 9. The molecule has 0 N–H and O–H groups in total. The number of nitrogens with zero attached hydrogens (tertiary/aromatic N) is 1. The van der Waals surface area contributed by atoms with Crippen molar-refractivity contribution >= 4 is 17.3 Å². The molecule has 1 saturated heterocycles. The van der Waals surface area contributed by atoms with Crippen LogP contribution in [0.1, 0.15) is 92.4 Å². The van der Waals surface area contributed by atoms with Crippen LogP contribution in [-0.2, 0) is 16.2 Å². The van der Waals surface area contributed by atoms with Gasteiger partial charge in [-0.2, -0.15) is 4.31 Å². The van der Waals surface area contributed by atoms with Crippen LogP contribution in [0.15, 0.2) is 0 Å². The summed E-state index contributed by atoms with van der Waals surface area (Å²) in [6, 6.07) is 0.211. The molecule has 140 valence electrons. The van der Waals surface area contributed by atoms with Gasteiger partial charge in [0, 0.05) is 11.3 Å². The summed E-state index contributed by atoms with van der Waals surface area (Å²) in [5, 5.41) is 0. The third-order valence-corrected chi connectivity index (χ3v) is 8.28. The lowest BCUT2D eigenvalue weighted by atomic mass is 9.47. The predicted molar refractivity (Wildman–Crippen MR) is 102 cm³/mol. The minimum Gasteiger partial charge on any atom is -0.593 e. The molecule has 0 bridgehead atoms. The maximum Gasteiger partial charge on any atom is 0.267 e. The van der Waals surface area contributed by atoms with Crippen LogP contribution >= 0.6 is 0 Å². The first kappa shape index (κ1) is 20.1. The topological polar surface area (TPSA) is 43.4 Å². The van der Waals surface area contributed by atoms with Gasteiger partial charge in [0.15, 0.2) is 0 Å². The SMILES string of the molecule is CCCCCCCC(C)C(=O)N1C2CC(C)(C)[C@@]2(CCC)C[S+]1[O-]. The Bertz CT molecular complexity index is 439. The second-order valence-corrected chi connectivity index (χ2v) is 10.1. The van der Waals surface area contributed by atoms with Crippen LogP contribution in [0.2, 0.25) is 0 Å². The number of fused-ring (bicyclic) bond motifs is 1. The standard InChI is InChI=1S/C20H37NO2S/c1-6-8-9-10-11-12-16(3)18(22)21-17-14-19(4,5)20(17,13-7-2)15-24(21)23/h16-17H,6-15H2,1-5H3/t16?,17?,20-,24?/m0/s1.